The monoisotopic (exact) mass is 346 g/mol. The fourth-order valence-corrected chi connectivity index (χ4v) is 3.67. The van der Waals surface area contributed by atoms with Crippen molar-refractivity contribution in [3.63, 3.8) is 0 Å². The molecule has 1 fully saturated rings. The number of hydrogen-bond acceptors (Lipinski definition) is 5. The first-order valence-corrected chi connectivity index (χ1v) is 8.93. The van der Waals surface area contributed by atoms with Crippen molar-refractivity contribution in [3.8, 4) is 5.75 Å². The maximum Gasteiger partial charge on any atom is 0.251 e. The number of nitrogens with zero attached hydrogens (tertiary/aromatic N) is 1. The average Bonchev–Trinajstić information content (AvgIpc) is 3.17. The summed E-state index contributed by atoms with van der Waals surface area (Å²) in [6.45, 7) is 3.86. The number of amides is 1. The van der Waals surface area contributed by atoms with Crippen LogP contribution in [0.1, 0.15) is 21.3 Å². The van der Waals surface area contributed by atoms with Crippen LogP contribution in [0.25, 0.3) is 0 Å². The molecule has 0 aliphatic carbocycles. The van der Waals surface area contributed by atoms with Gasteiger partial charge in [-0.2, -0.15) is 0 Å². The second-order valence-corrected chi connectivity index (χ2v) is 6.60. The molecule has 2 aromatic rings. The summed E-state index contributed by atoms with van der Waals surface area (Å²) < 4.78 is 10.6. The largest absolute Gasteiger partial charge is 0.497 e. The molecule has 0 saturated carbocycles. The zero-order chi connectivity index (χ0) is 16.8. The van der Waals surface area contributed by atoms with Crippen molar-refractivity contribution in [2.75, 3.05) is 40.0 Å². The fourth-order valence-electron chi connectivity index (χ4n) is 2.81. The second kappa shape index (κ2) is 8.28. The molecule has 1 aliphatic rings. The lowest BCUT2D eigenvalue weighted by molar-refractivity contribution is 0.0169. The predicted octanol–water partition coefficient (Wildman–Crippen LogP) is 2.56. The molecule has 1 N–H and O–H groups in total. The summed E-state index contributed by atoms with van der Waals surface area (Å²) in [5.41, 5.74) is 0.641. The highest BCUT2D eigenvalue weighted by atomic mass is 32.1. The molecule has 0 spiro atoms. The first kappa shape index (κ1) is 17.0. The molecule has 1 aromatic carbocycles. The van der Waals surface area contributed by atoms with Gasteiger partial charge in [0.2, 0.25) is 0 Å². The number of nitrogens with one attached hydrogen (secondary N) is 1. The zero-order valence-electron chi connectivity index (χ0n) is 13.7. The maximum atomic E-state index is 12.4. The minimum Gasteiger partial charge on any atom is -0.497 e. The Labute approximate surface area is 146 Å². The van der Waals surface area contributed by atoms with Crippen LogP contribution in [-0.2, 0) is 4.74 Å². The van der Waals surface area contributed by atoms with Crippen molar-refractivity contribution < 1.29 is 14.3 Å². The van der Waals surface area contributed by atoms with E-state index in [1.165, 1.54) is 4.88 Å². The Bertz CT molecular complexity index is 637. The van der Waals surface area contributed by atoms with Crippen LogP contribution in [0.5, 0.6) is 5.75 Å². The smallest absolute Gasteiger partial charge is 0.251 e. The SMILES string of the molecule is COc1ccc(C(=O)NC[C@H](c2cccs2)N2CCOCC2)cc1. The van der Waals surface area contributed by atoms with Gasteiger partial charge in [0, 0.05) is 30.1 Å². The minimum absolute atomic E-state index is 0.0625. The Hall–Kier alpha value is -1.89. The molecule has 0 radical (unpaired) electrons. The van der Waals surface area contributed by atoms with Gasteiger partial charge in [-0.15, -0.1) is 11.3 Å². The quantitative estimate of drug-likeness (QED) is 0.873. The van der Waals surface area contributed by atoms with Crippen molar-refractivity contribution in [2.45, 2.75) is 6.04 Å². The Balaban J connectivity index is 1.65. The third kappa shape index (κ3) is 4.14. The van der Waals surface area contributed by atoms with E-state index >= 15 is 0 Å². The van der Waals surface area contributed by atoms with Gasteiger partial charge in [-0.3, -0.25) is 9.69 Å². The van der Waals surface area contributed by atoms with E-state index in [2.05, 4.69) is 27.7 Å². The number of hydrogen-bond donors (Lipinski definition) is 1. The van der Waals surface area contributed by atoms with Gasteiger partial charge in [0.1, 0.15) is 5.75 Å². The lowest BCUT2D eigenvalue weighted by Crippen LogP contribution is -2.43. The summed E-state index contributed by atoms with van der Waals surface area (Å²) in [7, 11) is 1.61. The highest BCUT2D eigenvalue weighted by Gasteiger charge is 2.24. The molecule has 1 saturated heterocycles. The van der Waals surface area contributed by atoms with Crippen LogP contribution in [0.3, 0.4) is 0 Å². The van der Waals surface area contributed by atoms with Crippen LogP contribution >= 0.6 is 11.3 Å². The van der Waals surface area contributed by atoms with E-state index < -0.39 is 0 Å². The summed E-state index contributed by atoms with van der Waals surface area (Å²) in [5.74, 6) is 0.684. The van der Waals surface area contributed by atoms with Gasteiger partial charge < -0.3 is 14.8 Å². The van der Waals surface area contributed by atoms with E-state index in [4.69, 9.17) is 9.47 Å². The van der Waals surface area contributed by atoms with E-state index in [0.717, 1.165) is 32.1 Å². The Kier molecular flexibility index (Phi) is 5.85. The van der Waals surface area contributed by atoms with Gasteiger partial charge in [0.15, 0.2) is 0 Å². The Morgan fingerprint density at radius 1 is 1.29 bits per heavy atom. The molecular weight excluding hydrogens is 324 g/mol. The normalized spacial score (nSPS) is 16.5. The number of morpholine rings is 1. The summed E-state index contributed by atoms with van der Waals surface area (Å²) in [6.07, 6.45) is 0. The molecule has 0 unspecified atom stereocenters. The van der Waals surface area contributed by atoms with Crippen molar-refractivity contribution in [1.82, 2.24) is 10.2 Å². The van der Waals surface area contributed by atoms with Gasteiger partial charge in [0.05, 0.1) is 26.4 Å². The molecule has 0 bridgehead atoms. The topological polar surface area (TPSA) is 50.8 Å². The van der Waals surface area contributed by atoms with Crippen molar-refractivity contribution >= 4 is 17.2 Å². The number of carbonyl (C=O) groups excluding carboxylic acids is 1. The van der Waals surface area contributed by atoms with E-state index in [1.54, 1.807) is 42.7 Å². The summed E-state index contributed by atoms with van der Waals surface area (Å²) >= 11 is 1.73. The predicted molar refractivity (Wildman–Crippen MR) is 94.8 cm³/mol. The number of carbonyl (C=O) groups is 1. The lowest BCUT2D eigenvalue weighted by atomic mass is 10.1. The molecule has 1 aromatic heterocycles. The third-order valence-electron chi connectivity index (χ3n) is 4.17. The van der Waals surface area contributed by atoms with Crippen molar-refractivity contribution in [1.29, 1.82) is 0 Å². The Morgan fingerprint density at radius 2 is 2.04 bits per heavy atom. The van der Waals surface area contributed by atoms with E-state index in [1.807, 2.05) is 0 Å². The van der Waals surface area contributed by atoms with Gasteiger partial charge in [-0.1, -0.05) is 6.07 Å². The molecule has 2 heterocycles. The molecule has 3 rings (SSSR count). The van der Waals surface area contributed by atoms with Crippen LogP contribution < -0.4 is 10.1 Å². The zero-order valence-corrected chi connectivity index (χ0v) is 14.6. The standard InChI is InChI=1S/C18H22N2O3S/c1-22-15-6-4-14(5-7-15)18(21)19-13-16(17-3-2-12-24-17)20-8-10-23-11-9-20/h2-7,12,16H,8-11,13H2,1H3,(H,19,21)/t16-/m1/s1. The van der Waals surface area contributed by atoms with Crippen LogP contribution in [-0.4, -0.2) is 50.8 Å². The molecule has 128 valence electrons. The van der Waals surface area contributed by atoms with E-state index in [9.17, 15) is 4.79 Å². The number of ether oxygens (including phenoxy) is 2. The number of rotatable bonds is 6. The van der Waals surface area contributed by atoms with Crippen LogP contribution in [0.15, 0.2) is 41.8 Å². The fraction of sp³-hybridized carbons (Fsp3) is 0.389. The van der Waals surface area contributed by atoms with Crippen molar-refractivity contribution in [3.05, 3.63) is 52.2 Å². The molecule has 24 heavy (non-hydrogen) atoms. The van der Waals surface area contributed by atoms with E-state index in [0.29, 0.717) is 12.1 Å². The number of methoxy groups -OCH3 is 1. The minimum atomic E-state index is -0.0625. The summed E-state index contributed by atoms with van der Waals surface area (Å²) in [5, 5.41) is 5.14. The Morgan fingerprint density at radius 3 is 2.67 bits per heavy atom. The van der Waals surface area contributed by atoms with Gasteiger partial charge >= 0.3 is 0 Å². The molecule has 1 amide bonds. The van der Waals surface area contributed by atoms with Crippen LogP contribution in [0.4, 0.5) is 0 Å². The van der Waals surface area contributed by atoms with Crippen LogP contribution in [0.2, 0.25) is 0 Å². The molecule has 1 aliphatic heterocycles. The molecular formula is C18H22N2O3S. The number of thiophene rings is 1. The van der Waals surface area contributed by atoms with Crippen molar-refractivity contribution in [2.24, 2.45) is 0 Å². The van der Waals surface area contributed by atoms with Crippen LogP contribution in [0, 0.1) is 0 Å². The summed E-state index contributed by atoms with van der Waals surface area (Å²) in [6, 6.07) is 11.5. The lowest BCUT2D eigenvalue weighted by Gasteiger charge is -2.34. The maximum absolute atomic E-state index is 12.4. The molecule has 5 nitrogen and oxygen atoms in total. The van der Waals surface area contributed by atoms with Gasteiger partial charge in [0.25, 0.3) is 5.91 Å². The summed E-state index contributed by atoms with van der Waals surface area (Å²) in [4.78, 5) is 16.1. The average molecular weight is 346 g/mol. The van der Waals surface area contributed by atoms with Gasteiger partial charge in [-0.25, -0.2) is 0 Å². The highest BCUT2D eigenvalue weighted by molar-refractivity contribution is 7.10. The van der Waals surface area contributed by atoms with E-state index in [-0.39, 0.29) is 11.9 Å². The highest BCUT2D eigenvalue weighted by Crippen LogP contribution is 2.25. The third-order valence-corrected chi connectivity index (χ3v) is 5.14. The molecule has 6 heteroatoms. The first-order chi connectivity index (χ1) is 11.8. The number of benzene rings is 1. The van der Waals surface area contributed by atoms with Gasteiger partial charge in [-0.05, 0) is 35.7 Å². The first-order valence-electron chi connectivity index (χ1n) is 8.05. The second-order valence-electron chi connectivity index (χ2n) is 5.62. The molecule has 1 atom stereocenters.